The van der Waals surface area contributed by atoms with Crippen LogP contribution < -0.4 is 10.2 Å². The molecule has 0 atom stereocenters. The Morgan fingerprint density at radius 2 is 1.69 bits per heavy atom. The molecule has 0 radical (unpaired) electrons. The van der Waals surface area contributed by atoms with Gasteiger partial charge in [-0.15, -0.1) is 10.2 Å². The lowest BCUT2D eigenvalue weighted by Gasteiger charge is -2.11. The predicted octanol–water partition coefficient (Wildman–Crippen LogP) is 4.19. The van der Waals surface area contributed by atoms with Crippen molar-refractivity contribution in [2.24, 2.45) is 5.10 Å². The Morgan fingerprint density at radius 3 is 2.38 bits per heavy atom. The van der Waals surface area contributed by atoms with E-state index in [1.54, 1.807) is 13.3 Å². The summed E-state index contributed by atoms with van der Waals surface area (Å²) in [5, 5.41) is 13.3. The highest BCUT2D eigenvalue weighted by atomic mass is 32.2. The predicted molar refractivity (Wildman–Crippen MR) is 126 cm³/mol. The third-order valence-electron chi connectivity index (χ3n) is 4.53. The molecule has 4 rings (SSSR count). The highest BCUT2D eigenvalue weighted by molar-refractivity contribution is 7.99. The summed E-state index contributed by atoms with van der Waals surface area (Å²) in [5.74, 6) is 1.37. The number of methoxy groups -OCH3 is 1. The number of hydrazone groups is 1. The maximum atomic E-state index is 12.3. The van der Waals surface area contributed by atoms with Crippen molar-refractivity contribution in [1.82, 2.24) is 20.2 Å². The van der Waals surface area contributed by atoms with E-state index in [1.165, 1.54) is 11.8 Å². The van der Waals surface area contributed by atoms with Crippen LogP contribution in [0.4, 0.5) is 0 Å². The Hall–Kier alpha value is -3.91. The lowest BCUT2D eigenvalue weighted by atomic mass is 10.2. The summed E-state index contributed by atoms with van der Waals surface area (Å²) in [7, 11) is 1.63. The fourth-order valence-electron chi connectivity index (χ4n) is 2.98. The number of hydrogen-bond donors (Lipinski definition) is 1. The van der Waals surface area contributed by atoms with Gasteiger partial charge in [-0.1, -0.05) is 72.4 Å². The van der Waals surface area contributed by atoms with Gasteiger partial charge < -0.3 is 4.74 Å². The van der Waals surface area contributed by atoms with E-state index >= 15 is 0 Å². The molecule has 160 valence electrons. The van der Waals surface area contributed by atoms with Crippen molar-refractivity contribution in [3.8, 4) is 22.8 Å². The van der Waals surface area contributed by atoms with Crippen LogP contribution in [0.1, 0.15) is 5.56 Å². The summed E-state index contributed by atoms with van der Waals surface area (Å²) < 4.78 is 7.20. The molecule has 0 unspecified atom stereocenters. The van der Waals surface area contributed by atoms with Crippen LogP contribution in [0.15, 0.2) is 95.2 Å². The van der Waals surface area contributed by atoms with Crippen LogP contribution in [-0.4, -0.2) is 39.7 Å². The van der Waals surface area contributed by atoms with Gasteiger partial charge in [-0.25, -0.2) is 5.43 Å². The largest absolute Gasteiger partial charge is 0.497 e. The Morgan fingerprint density at radius 1 is 1.00 bits per heavy atom. The highest BCUT2D eigenvalue weighted by Gasteiger charge is 2.17. The third kappa shape index (κ3) is 5.22. The van der Waals surface area contributed by atoms with Crippen LogP contribution in [-0.2, 0) is 4.79 Å². The first kappa shape index (κ1) is 21.3. The van der Waals surface area contributed by atoms with E-state index < -0.39 is 0 Å². The lowest BCUT2D eigenvalue weighted by molar-refractivity contribution is -0.118. The quantitative estimate of drug-likeness (QED) is 0.251. The molecule has 0 fully saturated rings. The molecule has 3 aromatic carbocycles. The van der Waals surface area contributed by atoms with E-state index in [9.17, 15) is 4.79 Å². The van der Waals surface area contributed by atoms with Gasteiger partial charge >= 0.3 is 0 Å². The van der Waals surface area contributed by atoms with E-state index in [-0.39, 0.29) is 11.7 Å². The number of aromatic nitrogens is 3. The molecule has 0 saturated carbocycles. The van der Waals surface area contributed by atoms with Crippen LogP contribution in [0.25, 0.3) is 17.1 Å². The number of carbonyl (C=O) groups is 1. The maximum absolute atomic E-state index is 12.3. The average Bonchev–Trinajstić information content (AvgIpc) is 3.28. The van der Waals surface area contributed by atoms with Crippen molar-refractivity contribution in [1.29, 1.82) is 0 Å². The van der Waals surface area contributed by atoms with Gasteiger partial charge in [-0.2, -0.15) is 5.10 Å². The number of nitrogens with zero attached hydrogens (tertiary/aromatic N) is 4. The second kappa shape index (κ2) is 10.4. The highest BCUT2D eigenvalue weighted by Crippen LogP contribution is 2.28. The first-order chi connectivity index (χ1) is 15.7. The van der Waals surface area contributed by atoms with E-state index in [4.69, 9.17) is 4.74 Å². The zero-order chi connectivity index (χ0) is 22.2. The van der Waals surface area contributed by atoms with Crippen LogP contribution in [0, 0.1) is 0 Å². The number of rotatable bonds is 8. The van der Waals surface area contributed by atoms with Gasteiger partial charge in [0.05, 0.1) is 19.1 Å². The molecule has 8 heteroatoms. The Bertz CT molecular complexity index is 1190. The van der Waals surface area contributed by atoms with Gasteiger partial charge in [0.25, 0.3) is 5.91 Å². The van der Waals surface area contributed by atoms with E-state index in [0.717, 1.165) is 22.6 Å². The van der Waals surface area contributed by atoms with Gasteiger partial charge in [-0.3, -0.25) is 9.36 Å². The molecule has 4 aromatic rings. The van der Waals surface area contributed by atoms with Crippen molar-refractivity contribution in [2.45, 2.75) is 5.16 Å². The summed E-state index contributed by atoms with van der Waals surface area (Å²) in [6, 6.07) is 27.0. The second-order valence-corrected chi connectivity index (χ2v) is 7.64. The molecule has 0 spiro atoms. The fourth-order valence-corrected chi connectivity index (χ4v) is 3.73. The van der Waals surface area contributed by atoms with Crippen molar-refractivity contribution >= 4 is 23.9 Å². The third-order valence-corrected chi connectivity index (χ3v) is 5.46. The molecule has 1 aromatic heterocycles. The summed E-state index contributed by atoms with van der Waals surface area (Å²) in [6.45, 7) is 0. The molecule has 32 heavy (non-hydrogen) atoms. The monoisotopic (exact) mass is 443 g/mol. The second-order valence-electron chi connectivity index (χ2n) is 6.70. The summed E-state index contributed by atoms with van der Waals surface area (Å²) >= 11 is 1.29. The Kier molecular flexibility index (Phi) is 6.94. The summed E-state index contributed by atoms with van der Waals surface area (Å²) in [5.41, 5.74) is 5.26. The van der Waals surface area contributed by atoms with Crippen molar-refractivity contribution in [3.05, 3.63) is 90.5 Å². The van der Waals surface area contributed by atoms with Gasteiger partial charge in [0.1, 0.15) is 5.75 Å². The van der Waals surface area contributed by atoms with E-state index in [1.807, 2.05) is 89.5 Å². The van der Waals surface area contributed by atoms with Crippen molar-refractivity contribution in [2.75, 3.05) is 12.9 Å². The minimum absolute atomic E-state index is 0.148. The number of thioether (sulfide) groups is 1. The molecule has 0 aliphatic rings. The zero-order valence-electron chi connectivity index (χ0n) is 17.4. The first-order valence-corrected chi connectivity index (χ1v) is 10.9. The van der Waals surface area contributed by atoms with Gasteiger partial charge in [0, 0.05) is 11.3 Å². The number of nitrogens with one attached hydrogen (secondary N) is 1. The fraction of sp³-hybridized carbons (Fsp3) is 0.0833. The van der Waals surface area contributed by atoms with Gasteiger partial charge in [0.2, 0.25) is 0 Å². The molecule has 1 N–H and O–H groups in total. The van der Waals surface area contributed by atoms with Crippen LogP contribution in [0.2, 0.25) is 0 Å². The number of benzene rings is 3. The molecule has 0 aliphatic carbocycles. The van der Waals surface area contributed by atoms with Crippen molar-refractivity contribution < 1.29 is 9.53 Å². The first-order valence-electron chi connectivity index (χ1n) is 9.89. The normalized spacial score (nSPS) is 10.9. The number of ether oxygens (including phenoxy) is 1. The zero-order valence-corrected chi connectivity index (χ0v) is 18.2. The minimum Gasteiger partial charge on any atom is -0.497 e. The van der Waals surface area contributed by atoms with E-state index in [2.05, 4.69) is 20.7 Å². The SMILES string of the molecule is COc1ccc(-n2c(SCC(=O)N/N=C\c3ccccc3)nnc2-c2ccccc2)cc1. The number of hydrogen-bond acceptors (Lipinski definition) is 6. The molecule has 0 aliphatic heterocycles. The number of amides is 1. The molecule has 0 saturated heterocycles. The van der Waals surface area contributed by atoms with Crippen LogP contribution in [0.3, 0.4) is 0 Å². The number of carbonyl (C=O) groups excluding carboxylic acids is 1. The maximum Gasteiger partial charge on any atom is 0.250 e. The Balaban J connectivity index is 1.52. The van der Waals surface area contributed by atoms with Crippen LogP contribution >= 0.6 is 11.8 Å². The van der Waals surface area contributed by atoms with Gasteiger partial charge in [0.15, 0.2) is 11.0 Å². The molecule has 1 amide bonds. The smallest absolute Gasteiger partial charge is 0.250 e. The molecular formula is C24H21N5O2S. The minimum atomic E-state index is -0.229. The van der Waals surface area contributed by atoms with Crippen LogP contribution in [0.5, 0.6) is 5.75 Å². The summed E-state index contributed by atoms with van der Waals surface area (Å²) in [4.78, 5) is 12.3. The standard InChI is InChI=1S/C24H21N5O2S/c1-31-21-14-12-20(13-15-21)29-23(19-10-6-3-7-11-19)27-28-24(29)32-17-22(30)26-25-16-18-8-4-2-5-9-18/h2-16H,17H2,1H3,(H,26,30)/b25-16-. The molecule has 0 bridgehead atoms. The van der Waals surface area contributed by atoms with E-state index in [0.29, 0.717) is 11.0 Å². The lowest BCUT2D eigenvalue weighted by Crippen LogP contribution is -2.20. The Labute approximate surface area is 190 Å². The summed E-state index contributed by atoms with van der Waals surface area (Å²) in [6.07, 6.45) is 1.61. The van der Waals surface area contributed by atoms with Gasteiger partial charge in [-0.05, 0) is 29.8 Å². The average molecular weight is 444 g/mol. The molecule has 1 heterocycles. The topological polar surface area (TPSA) is 81.4 Å². The molecular weight excluding hydrogens is 422 g/mol. The van der Waals surface area contributed by atoms with Crippen molar-refractivity contribution in [3.63, 3.8) is 0 Å². The molecule has 7 nitrogen and oxygen atoms in total.